The van der Waals surface area contributed by atoms with Crippen molar-refractivity contribution in [3.8, 4) is 5.75 Å². The zero-order valence-electron chi connectivity index (χ0n) is 15.6. The maximum absolute atomic E-state index is 12.0. The van der Waals surface area contributed by atoms with E-state index >= 15 is 0 Å². The predicted octanol–water partition coefficient (Wildman–Crippen LogP) is 1.98. The number of nitrogens with one attached hydrogen (secondary N) is 3. The molecule has 27 heavy (non-hydrogen) atoms. The lowest BCUT2D eigenvalue weighted by atomic mass is 10.1. The van der Waals surface area contributed by atoms with Crippen LogP contribution in [0.15, 0.2) is 59.6 Å². The Morgan fingerprint density at radius 3 is 2.56 bits per heavy atom. The Labute approximate surface area is 160 Å². The lowest BCUT2D eigenvalue weighted by Crippen LogP contribution is -2.43. The lowest BCUT2D eigenvalue weighted by molar-refractivity contribution is 0.0953. The Kier molecular flexibility index (Phi) is 6.68. The number of guanidine groups is 1. The van der Waals surface area contributed by atoms with E-state index in [1.165, 1.54) is 5.56 Å². The van der Waals surface area contributed by atoms with Gasteiger partial charge in [0.2, 0.25) is 0 Å². The van der Waals surface area contributed by atoms with Gasteiger partial charge in [0.25, 0.3) is 5.91 Å². The van der Waals surface area contributed by atoms with Crippen LogP contribution in [0.3, 0.4) is 0 Å². The van der Waals surface area contributed by atoms with Crippen LogP contribution < -0.4 is 20.7 Å². The number of rotatable bonds is 7. The third kappa shape index (κ3) is 5.48. The normalized spacial score (nSPS) is 15.6. The number of carbonyl (C=O) groups excluding carboxylic acids is 1. The first-order valence-electron chi connectivity index (χ1n) is 9.28. The van der Waals surface area contributed by atoms with E-state index in [4.69, 9.17) is 4.74 Å². The van der Waals surface area contributed by atoms with Crippen LogP contribution in [0.25, 0.3) is 0 Å². The molecule has 142 valence electrons. The summed E-state index contributed by atoms with van der Waals surface area (Å²) < 4.78 is 5.92. The number of aliphatic imine (C=N–C) groups is 1. The van der Waals surface area contributed by atoms with Crippen molar-refractivity contribution in [2.24, 2.45) is 4.99 Å². The Morgan fingerprint density at radius 2 is 1.78 bits per heavy atom. The van der Waals surface area contributed by atoms with E-state index in [1.54, 1.807) is 7.05 Å². The van der Waals surface area contributed by atoms with Crippen molar-refractivity contribution in [3.05, 3.63) is 65.7 Å². The van der Waals surface area contributed by atoms with Crippen LogP contribution >= 0.6 is 0 Å². The zero-order valence-corrected chi connectivity index (χ0v) is 15.6. The van der Waals surface area contributed by atoms with Gasteiger partial charge in [0.05, 0.1) is 6.54 Å². The van der Waals surface area contributed by atoms with Gasteiger partial charge >= 0.3 is 0 Å². The summed E-state index contributed by atoms with van der Waals surface area (Å²) in [7, 11) is 1.75. The van der Waals surface area contributed by atoms with Crippen LogP contribution in [0.5, 0.6) is 5.75 Å². The Hall–Kier alpha value is -3.02. The summed E-state index contributed by atoms with van der Waals surface area (Å²) in [6.45, 7) is 2.03. The maximum atomic E-state index is 12.0. The third-order valence-corrected chi connectivity index (χ3v) is 4.40. The molecule has 1 amide bonds. The lowest BCUT2D eigenvalue weighted by Gasteiger charge is -2.15. The molecule has 1 atom stereocenters. The van der Waals surface area contributed by atoms with E-state index in [1.807, 2.05) is 48.5 Å². The van der Waals surface area contributed by atoms with Gasteiger partial charge in [-0.25, -0.2) is 0 Å². The van der Waals surface area contributed by atoms with Crippen molar-refractivity contribution in [2.75, 3.05) is 26.7 Å². The number of carbonyl (C=O) groups is 1. The molecule has 0 spiro atoms. The molecule has 0 aromatic heterocycles. The van der Waals surface area contributed by atoms with E-state index in [2.05, 4.69) is 27.0 Å². The summed E-state index contributed by atoms with van der Waals surface area (Å²) in [6, 6.07) is 17.4. The third-order valence-electron chi connectivity index (χ3n) is 4.40. The van der Waals surface area contributed by atoms with E-state index < -0.39 is 0 Å². The fourth-order valence-corrected chi connectivity index (χ4v) is 2.99. The molecule has 1 heterocycles. The molecule has 0 saturated heterocycles. The first-order valence-corrected chi connectivity index (χ1v) is 9.28. The van der Waals surface area contributed by atoms with Crippen molar-refractivity contribution in [2.45, 2.75) is 18.9 Å². The van der Waals surface area contributed by atoms with Crippen molar-refractivity contribution in [3.63, 3.8) is 0 Å². The topological polar surface area (TPSA) is 74.8 Å². The molecule has 6 heteroatoms. The molecule has 0 saturated carbocycles. The molecule has 0 bridgehead atoms. The minimum absolute atomic E-state index is 0.0453. The SMILES string of the molecule is CN=C(NCCCNC(=O)c1ccccc1)NCC1Cc2ccccc2O1. The second kappa shape index (κ2) is 9.62. The standard InChI is InChI=1S/C21H26N4O2/c1-22-21(25-15-18-14-17-10-5-6-11-19(17)27-18)24-13-7-12-23-20(26)16-8-3-2-4-9-16/h2-6,8-11,18H,7,12-15H2,1H3,(H,23,26)(H2,22,24,25). The highest BCUT2D eigenvalue weighted by Crippen LogP contribution is 2.27. The summed E-state index contributed by atoms with van der Waals surface area (Å²) in [5.41, 5.74) is 1.93. The van der Waals surface area contributed by atoms with Crippen LogP contribution in [0, 0.1) is 0 Å². The van der Waals surface area contributed by atoms with E-state index in [-0.39, 0.29) is 12.0 Å². The second-order valence-corrected chi connectivity index (χ2v) is 6.41. The van der Waals surface area contributed by atoms with Crippen LogP contribution in [-0.2, 0) is 6.42 Å². The van der Waals surface area contributed by atoms with Gasteiger partial charge in [0.15, 0.2) is 5.96 Å². The van der Waals surface area contributed by atoms with Crippen LogP contribution in [0.2, 0.25) is 0 Å². The van der Waals surface area contributed by atoms with Gasteiger partial charge in [-0.05, 0) is 30.2 Å². The molecular weight excluding hydrogens is 340 g/mol. The minimum Gasteiger partial charge on any atom is -0.488 e. The van der Waals surface area contributed by atoms with Gasteiger partial charge in [-0.3, -0.25) is 9.79 Å². The largest absolute Gasteiger partial charge is 0.488 e. The van der Waals surface area contributed by atoms with E-state index in [9.17, 15) is 4.79 Å². The molecule has 1 unspecified atom stereocenters. The van der Waals surface area contributed by atoms with Crippen molar-refractivity contribution >= 4 is 11.9 Å². The average molecular weight is 366 g/mol. The first-order chi connectivity index (χ1) is 13.3. The molecule has 1 aliphatic heterocycles. The van der Waals surface area contributed by atoms with Gasteiger partial charge < -0.3 is 20.7 Å². The quantitative estimate of drug-likeness (QED) is 0.398. The zero-order chi connectivity index (χ0) is 18.9. The summed E-state index contributed by atoms with van der Waals surface area (Å²) in [4.78, 5) is 16.2. The average Bonchev–Trinajstić information content (AvgIpc) is 3.13. The number of hydrogen-bond donors (Lipinski definition) is 3. The molecule has 0 radical (unpaired) electrons. The fraction of sp³-hybridized carbons (Fsp3) is 0.333. The van der Waals surface area contributed by atoms with Crippen LogP contribution in [0.1, 0.15) is 22.3 Å². The number of para-hydroxylation sites is 1. The van der Waals surface area contributed by atoms with Gasteiger partial charge in [-0.15, -0.1) is 0 Å². The fourth-order valence-electron chi connectivity index (χ4n) is 2.99. The smallest absolute Gasteiger partial charge is 0.251 e. The number of ether oxygens (including phenoxy) is 1. The molecule has 2 aromatic rings. The number of hydrogen-bond acceptors (Lipinski definition) is 3. The van der Waals surface area contributed by atoms with Gasteiger partial charge in [0.1, 0.15) is 11.9 Å². The number of benzene rings is 2. The second-order valence-electron chi connectivity index (χ2n) is 6.41. The highest BCUT2D eigenvalue weighted by molar-refractivity contribution is 5.94. The summed E-state index contributed by atoms with van der Waals surface area (Å²) in [6.07, 6.45) is 1.84. The molecule has 3 N–H and O–H groups in total. The summed E-state index contributed by atoms with van der Waals surface area (Å²) >= 11 is 0. The van der Waals surface area contributed by atoms with Gasteiger partial charge in [0, 0.05) is 32.1 Å². The summed E-state index contributed by atoms with van der Waals surface area (Å²) in [5.74, 6) is 1.67. The van der Waals surface area contributed by atoms with E-state index in [0.29, 0.717) is 18.7 Å². The van der Waals surface area contributed by atoms with Crippen molar-refractivity contribution < 1.29 is 9.53 Å². The Balaban J connectivity index is 1.30. The number of nitrogens with zero attached hydrogens (tertiary/aromatic N) is 1. The highest BCUT2D eigenvalue weighted by Gasteiger charge is 2.22. The predicted molar refractivity (Wildman–Crippen MR) is 107 cm³/mol. The first kappa shape index (κ1) is 18.8. The Bertz CT molecular complexity index is 752. The highest BCUT2D eigenvalue weighted by atomic mass is 16.5. The van der Waals surface area contributed by atoms with Crippen molar-refractivity contribution in [1.29, 1.82) is 0 Å². The van der Waals surface area contributed by atoms with Gasteiger partial charge in [-0.2, -0.15) is 0 Å². The van der Waals surface area contributed by atoms with Crippen molar-refractivity contribution in [1.82, 2.24) is 16.0 Å². The Morgan fingerprint density at radius 1 is 1.04 bits per heavy atom. The molecule has 3 rings (SSSR count). The molecule has 0 aliphatic carbocycles. The van der Waals surface area contributed by atoms with Gasteiger partial charge in [-0.1, -0.05) is 36.4 Å². The molecule has 2 aromatic carbocycles. The maximum Gasteiger partial charge on any atom is 0.251 e. The summed E-state index contributed by atoms with van der Waals surface area (Å²) in [5, 5.41) is 9.48. The number of amides is 1. The number of fused-ring (bicyclic) bond motifs is 1. The molecule has 0 fully saturated rings. The molecule has 1 aliphatic rings. The molecule has 6 nitrogen and oxygen atoms in total. The monoisotopic (exact) mass is 366 g/mol. The van der Waals surface area contributed by atoms with Crippen LogP contribution in [0.4, 0.5) is 0 Å². The molecular formula is C21H26N4O2. The van der Waals surface area contributed by atoms with E-state index in [0.717, 1.165) is 31.1 Å². The van der Waals surface area contributed by atoms with Crippen LogP contribution in [-0.4, -0.2) is 44.7 Å². The minimum atomic E-state index is -0.0453.